The first-order valence-electron chi connectivity index (χ1n) is 7.11. The summed E-state index contributed by atoms with van der Waals surface area (Å²) in [6.45, 7) is 8.17. The number of nitrogens with one attached hydrogen (secondary N) is 2. The van der Waals surface area contributed by atoms with E-state index in [0.717, 1.165) is 31.5 Å². The minimum absolute atomic E-state index is 0.241. The molecule has 2 rings (SSSR count). The largest absolute Gasteiger partial charge is 0.349 e. The van der Waals surface area contributed by atoms with Gasteiger partial charge in [0, 0.05) is 32.2 Å². The van der Waals surface area contributed by atoms with Crippen LogP contribution in [0.5, 0.6) is 0 Å². The number of H-pyrrole nitrogens is 1. The van der Waals surface area contributed by atoms with Gasteiger partial charge in [-0.05, 0) is 24.3 Å². The molecule has 1 aromatic heterocycles. The molecule has 0 saturated carbocycles. The minimum Gasteiger partial charge on any atom is -0.349 e. The average molecular weight is 278 g/mol. The van der Waals surface area contributed by atoms with E-state index in [1.807, 2.05) is 0 Å². The maximum absolute atomic E-state index is 11.8. The van der Waals surface area contributed by atoms with Crippen LogP contribution in [0.15, 0.2) is 16.9 Å². The van der Waals surface area contributed by atoms with Gasteiger partial charge in [0.15, 0.2) is 0 Å². The highest BCUT2D eigenvalue weighted by Crippen LogP contribution is 2.20. The zero-order valence-electron chi connectivity index (χ0n) is 12.1. The zero-order valence-corrected chi connectivity index (χ0v) is 12.1. The number of rotatable bonds is 4. The van der Waals surface area contributed by atoms with Crippen molar-refractivity contribution in [2.24, 2.45) is 11.8 Å². The number of amides is 1. The number of aromatic nitrogens is 2. The highest BCUT2D eigenvalue weighted by molar-refractivity contribution is 5.91. The first-order chi connectivity index (χ1) is 9.54. The summed E-state index contributed by atoms with van der Waals surface area (Å²) in [7, 11) is 0. The second-order valence-corrected chi connectivity index (χ2v) is 5.77. The van der Waals surface area contributed by atoms with E-state index in [4.69, 9.17) is 0 Å². The summed E-state index contributed by atoms with van der Waals surface area (Å²) in [4.78, 5) is 25.1. The van der Waals surface area contributed by atoms with E-state index in [1.165, 1.54) is 18.6 Å². The van der Waals surface area contributed by atoms with Crippen LogP contribution in [0, 0.1) is 11.8 Å². The first kappa shape index (κ1) is 14.7. The molecule has 0 aromatic carbocycles. The van der Waals surface area contributed by atoms with E-state index in [-0.39, 0.29) is 17.2 Å². The quantitative estimate of drug-likeness (QED) is 0.839. The van der Waals surface area contributed by atoms with Gasteiger partial charge < -0.3 is 10.2 Å². The van der Waals surface area contributed by atoms with E-state index in [2.05, 4.69) is 34.3 Å². The highest BCUT2D eigenvalue weighted by Gasteiger charge is 2.21. The summed E-state index contributed by atoms with van der Waals surface area (Å²) in [5, 5.41) is 8.79. The van der Waals surface area contributed by atoms with Crippen LogP contribution in [0.3, 0.4) is 0 Å². The topological polar surface area (TPSA) is 78.1 Å². The Hall–Kier alpha value is -1.69. The third kappa shape index (κ3) is 4.16. The summed E-state index contributed by atoms with van der Waals surface area (Å²) >= 11 is 0. The van der Waals surface area contributed by atoms with Crippen molar-refractivity contribution in [2.75, 3.05) is 26.2 Å². The molecule has 2 N–H and O–H groups in total. The minimum atomic E-state index is -0.308. The van der Waals surface area contributed by atoms with E-state index >= 15 is 0 Å². The summed E-state index contributed by atoms with van der Waals surface area (Å²) in [5.74, 6) is 1.19. The Morgan fingerprint density at radius 2 is 2.10 bits per heavy atom. The summed E-state index contributed by atoms with van der Waals surface area (Å²) < 4.78 is 0. The molecule has 0 spiro atoms. The van der Waals surface area contributed by atoms with E-state index in [9.17, 15) is 9.59 Å². The second-order valence-electron chi connectivity index (χ2n) is 5.77. The van der Waals surface area contributed by atoms with Crippen molar-refractivity contribution in [1.29, 1.82) is 0 Å². The number of hydrogen-bond acceptors (Lipinski definition) is 4. The van der Waals surface area contributed by atoms with Gasteiger partial charge in [0.25, 0.3) is 11.5 Å². The predicted octanol–water partition coefficient (Wildman–Crippen LogP) is 0.478. The van der Waals surface area contributed by atoms with Crippen molar-refractivity contribution in [2.45, 2.75) is 20.3 Å². The van der Waals surface area contributed by atoms with Crippen molar-refractivity contribution in [3.05, 3.63) is 28.2 Å². The van der Waals surface area contributed by atoms with Gasteiger partial charge in [-0.3, -0.25) is 9.59 Å². The standard InChI is InChI=1S/C14H22N4O2/c1-10-7-11(2)9-18(8-10)6-5-15-14(20)12-3-4-13(19)17-16-12/h3-4,10-11H,5-9H2,1-2H3,(H,15,20)(H,17,19)/t10-,11-/m1/s1. The second kappa shape index (κ2) is 6.65. The molecular weight excluding hydrogens is 256 g/mol. The molecule has 2 atom stereocenters. The van der Waals surface area contributed by atoms with Gasteiger partial charge in [-0.15, -0.1) is 0 Å². The molecule has 1 fully saturated rings. The Bertz CT molecular complexity index is 484. The van der Waals surface area contributed by atoms with Gasteiger partial charge in [-0.2, -0.15) is 5.10 Å². The van der Waals surface area contributed by atoms with Crippen LogP contribution >= 0.6 is 0 Å². The molecule has 1 aromatic rings. The lowest BCUT2D eigenvalue weighted by molar-refractivity contribution is 0.0930. The molecule has 20 heavy (non-hydrogen) atoms. The molecule has 0 aliphatic carbocycles. The third-order valence-corrected chi connectivity index (χ3v) is 3.57. The number of aromatic amines is 1. The molecule has 0 unspecified atom stereocenters. The lowest BCUT2D eigenvalue weighted by Gasteiger charge is -2.34. The van der Waals surface area contributed by atoms with Crippen molar-refractivity contribution in [1.82, 2.24) is 20.4 Å². The number of hydrogen-bond donors (Lipinski definition) is 2. The third-order valence-electron chi connectivity index (χ3n) is 3.57. The van der Waals surface area contributed by atoms with Crippen molar-refractivity contribution < 1.29 is 4.79 Å². The Labute approximate surface area is 118 Å². The molecule has 110 valence electrons. The number of carbonyl (C=O) groups excluding carboxylic acids is 1. The van der Waals surface area contributed by atoms with Gasteiger partial charge in [-0.25, -0.2) is 5.10 Å². The Morgan fingerprint density at radius 3 is 2.70 bits per heavy atom. The molecule has 6 heteroatoms. The molecule has 6 nitrogen and oxygen atoms in total. The lowest BCUT2D eigenvalue weighted by atomic mass is 9.92. The Balaban J connectivity index is 1.76. The first-order valence-corrected chi connectivity index (χ1v) is 7.11. The highest BCUT2D eigenvalue weighted by atomic mass is 16.2. The zero-order chi connectivity index (χ0) is 14.5. The molecule has 0 radical (unpaired) electrons. The van der Waals surface area contributed by atoms with Gasteiger partial charge >= 0.3 is 0 Å². The van der Waals surface area contributed by atoms with E-state index < -0.39 is 0 Å². The average Bonchev–Trinajstić information content (AvgIpc) is 2.38. The Kier molecular flexibility index (Phi) is 4.89. The maximum Gasteiger partial charge on any atom is 0.271 e. The Morgan fingerprint density at radius 1 is 1.40 bits per heavy atom. The van der Waals surface area contributed by atoms with E-state index in [0.29, 0.717) is 6.54 Å². The fourth-order valence-electron chi connectivity index (χ4n) is 2.86. The molecule has 1 amide bonds. The van der Waals surface area contributed by atoms with Crippen molar-refractivity contribution >= 4 is 5.91 Å². The van der Waals surface area contributed by atoms with Crippen molar-refractivity contribution in [3.8, 4) is 0 Å². The summed E-state index contributed by atoms with van der Waals surface area (Å²) in [6.07, 6.45) is 1.28. The van der Waals surface area contributed by atoms with Gasteiger partial charge in [-0.1, -0.05) is 13.8 Å². The van der Waals surface area contributed by atoms with Crippen LogP contribution in [0.2, 0.25) is 0 Å². The molecule has 2 heterocycles. The van der Waals surface area contributed by atoms with Crippen LogP contribution < -0.4 is 10.9 Å². The SMILES string of the molecule is C[C@@H]1C[C@@H](C)CN(CCNC(=O)c2ccc(=O)[nH]n2)C1. The summed E-state index contributed by atoms with van der Waals surface area (Å²) in [6, 6.07) is 2.73. The van der Waals surface area contributed by atoms with Gasteiger partial charge in [0.2, 0.25) is 0 Å². The van der Waals surface area contributed by atoms with Crippen molar-refractivity contribution in [3.63, 3.8) is 0 Å². The fraction of sp³-hybridized carbons (Fsp3) is 0.643. The number of carbonyl (C=O) groups is 1. The number of likely N-dealkylation sites (tertiary alicyclic amines) is 1. The fourth-order valence-corrected chi connectivity index (χ4v) is 2.86. The molecule has 1 aliphatic heterocycles. The molecule has 0 bridgehead atoms. The molecule has 1 aliphatic rings. The van der Waals surface area contributed by atoms with Crippen LogP contribution in [0.25, 0.3) is 0 Å². The molecular formula is C14H22N4O2. The normalized spacial score (nSPS) is 23.5. The number of nitrogens with zero attached hydrogens (tertiary/aromatic N) is 2. The molecule has 1 saturated heterocycles. The van der Waals surface area contributed by atoms with Gasteiger partial charge in [0.05, 0.1) is 0 Å². The lowest BCUT2D eigenvalue weighted by Crippen LogP contribution is -2.43. The maximum atomic E-state index is 11.8. The van der Waals surface area contributed by atoms with E-state index in [1.54, 1.807) is 0 Å². The van der Waals surface area contributed by atoms with Crippen LogP contribution in [-0.2, 0) is 0 Å². The van der Waals surface area contributed by atoms with Gasteiger partial charge in [0.1, 0.15) is 5.69 Å². The van der Waals surface area contributed by atoms with Crippen LogP contribution in [-0.4, -0.2) is 47.2 Å². The van der Waals surface area contributed by atoms with Crippen LogP contribution in [0.1, 0.15) is 30.8 Å². The van der Waals surface area contributed by atoms with Crippen LogP contribution in [0.4, 0.5) is 0 Å². The predicted molar refractivity (Wildman–Crippen MR) is 76.6 cm³/mol. The number of piperidine rings is 1. The monoisotopic (exact) mass is 278 g/mol. The smallest absolute Gasteiger partial charge is 0.271 e. The summed E-state index contributed by atoms with van der Waals surface area (Å²) in [5.41, 5.74) is -0.0668.